The molecule has 2 N–H and O–H groups in total. The molecule has 1 unspecified atom stereocenters. The summed E-state index contributed by atoms with van der Waals surface area (Å²) in [5.41, 5.74) is 2.53. The van der Waals surface area contributed by atoms with Crippen LogP contribution in [0.3, 0.4) is 0 Å². The van der Waals surface area contributed by atoms with Crippen molar-refractivity contribution in [2.24, 2.45) is 0 Å². The third-order valence-corrected chi connectivity index (χ3v) is 4.42. The second-order valence-corrected chi connectivity index (χ2v) is 6.44. The first-order chi connectivity index (χ1) is 13.8. The van der Waals surface area contributed by atoms with Gasteiger partial charge in [-0.25, -0.2) is 9.78 Å². The van der Waals surface area contributed by atoms with E-state index in [9.17, 15) is 4.79 Å². The number of carbonyl (C=O) groups is 1. The van der Waals surface area contributed by atoms with E-state index in [2.05, 4.69) is 20.6 Å². The fraction of sp³-hybridized carbons (Fsp3) is 0.190. The van der Waals surface area contributed by atoms with Gasteiger partial charge in [0.1, 0.15) is 5.75 Å². The number of urea groups is 1. The Morgan fingerprint density at radius 1 is 1.04 bits per heavy atom. The van der Waals surface area contributed by atoms with Gasteiger partial charge in [-0.2, -0.15) is 0 Å². The number of carbonyl (C=O) groups excluding carboxylic acids is 1. The summed E-state index contributed by atoms with van der Waals surface area (Å²) in [6.45, 7) is 1.58. The summed E-state index contributed by atoms with van der Waals surface area (Å²) in [4.78, 5) is 20.4. The molecule has 1 fully saturated rings. The summed E-state index contributed by atoms with van der Waals surface area (Å²) in [7, 11) is 0. The highest BCUT2D eigenvalue weighted by Crippen LogP contribution is 2.26. The molecule has 4 rings (SSSR count). The topological polar surface area (TPSA) is 85.4 Å². The number of aromatic nitrogens is 2. The minimum atomic E-state index is -0.334. The lowest BCUT2D eigenvalue weighted by Gasteiger charge is -2.11. The van der Waals surface area contributed by atoms with E-state index in [-0.39, 0.29) is 6.03 Å². The Morgan fingerprint density at radius 2 is 1.86 bits per heavy atom. The minimum absolute atomic E-state index is 0.334. The predicted octanol–water partition coefficient (Wildman–Crippen LogP) is 4.42. The van der Waals surface area contributed by atoms with E-state index < -0.39 is 0 Å². The molecule has 1 aromatic carbocycles. The lowest BCUT2D eigenvalue weighted by atomic mass is 9.98. The molecule has 2 aromatic heterocycles. The van der Waals surface area contributed by atoms with Gasteiger partial charge in [-0.15, -0.1) is 0 Å². The SMILES string of the molecule is O=C(Nc1ccc(C2CCOC2)cc1)Nc1ccc(Oc2cccnc2)nc1. The van der Waals surface area contributed by atoms with Crippen LogP contribution < -0.4 is 15.4 Å². The van der Waals surface area contributed by atoms with Gasteiger partial charge in [-0.05, 0) is 42.3 Å². The van der Waals surface area contributed by atoms with Crippen molar-refractivity contribution < 1.29 is 14.3 Å². The smallest absolute Gasteiger partial charge is 0.323 e. The van der Waals surface area contributed by atoms with Crippen LogP contribution in [0.4, 0.5) is 16.2 Å². The van der Waals surface area contributed by atoms with Gasteiger partial charge in [0, 0.05) is 30.5 Å². The molecule has 1 atom stereocenters. The molecule has 2 amide bonds. The number of rotatable bonds is 5. The average Bonchev–Trinajstić information content (AvgIpc) is 3.26. The van der Waals surface area contributed by atoms with Gasteiger partial charge in [-0.3, -0.25) is 4.98 Å². The van der Waals surface area contributed by atoms with E-state index in [1.165, 1.54) is 11.8 Å². The molecule has 142 valence electrons. The van der Waals surface area contributed by atoms with Crippen molar-refractivity contribution in [2.45, 2.75) is 12.3 Å². The van der Waals surface area contributed by atoms with Crippen molar-refractivity contribution >= 4 is 17.4 Å². The summed E-state index contributed by atoms with van der Waals surface area (Å²) >= 11 is 0. The van der Waals surface area contributed by atoms with Crippen LogP contribution >= 0.6 is 0 Å². The third-order valence-electron chi connectivity index (χ3n) is 4.42. The number of ether oxygens (including phenoxy) is 2. The van der Waals surface area contributed by atoms with Crippen LogP contribution in [-0.2, 0) is 4.74 Å². The Hall–Kier alpha value is -3.45. The van der Waals surface area contributed by atoms with Gasteiger partial charge < -0.3 is 20.1 Å². The first-order valence-corrected chi connectivity index (χ1v) is 9.06. The minimum Gasteiger partial charge on any atom is -0.437 e. The number of anilines is 2. The van der Waals surface area contributed by atoms with Crippen molar-refractivity contribution in [3.63, 3.8) is 0 Å². The quantitative estimate of drug-likeness (QED) is 0.689. The number of nitrogens with one attached hydrogen (secondary N) is 2. The highest BCUT2D eigenvalue weighted by molar-refractivity contribution is 5.99. The molecule has 3 heterocycles. The number of hydrogen-bond acceptors (Lipinski definition) is 5. The summed E-state index contributed by atoms with van der Waals surface area (Å²) in [5, 5.41) is 5.56. The summed E-state index contributed by atoms with van der Waals surface area (Å²) < 4.78 is 11.0. The van der Waals surface area contributed by atoms with Crippen LogP contribution in [0, 0.1) is 0 Å². The molecule has 28 heavy (non-hydrogen) atoms. The largest absolute Gasteiger partial charge is 0.437 e. The van der Waals surface area contributed by atoms with Crippen LogP contribution in [0.5, 0.6) is 11.6 Å². The molecule has 1 saturated heterocycles. The predicted molar refractivity (Wildman–Crippen MR) is 106 cm³/mol. The Labute approximate surface area is 162 Å². The van der Waals surface area contributed by atoms with Crippen LogP contribution in [0.25, 0.3) is 0 Å². The average molecular weight is 376 g/mol. The van der Waals surface area contributed by atoms with Gasteiger partial charge in [0.2, 0.25) is 5.88 Å². The molecule has 0 saturated carbocycles. The zero-order valence-electron chi connectivity index (χ0n) is 15.2. The number of hydrogen-bond donors (Lipinski definition) is 2. The van der Waals surface area contributed by atoms with E-state index >= 15 is 0 Å². The van der Waals surface area contributed by atoms with Crippen LogP contribution in [0.2, 0.25) is 0 Å². The highest BCUT2D eigenvalue weighted by Gasteiger charge is 2.17. The summed E-state index contributed by atoms with van der Waals surface area (Å²) in [5.74, 6) is 1.47. The standard InChI is InChI=1S/C21H20N4O3/c26-21(24-17-5-3-15(4-6-17)16-9-11-27-14-16)25-18-7-8-20(23-12-18)28-19-2-1-10-22-13-19/h1-8,10,12-13,16H,9,11,14H2,(H2,24,25,26). The molecule has 0 aliphatic carbocycles. The van der Waals surface area contributed by atoms with Gasteiger partial charge in [-0.1, -0.05) is 12.1 Å². The summed E-state index contributed by atoms with van der Waals surface area (Å²) in [6.07, 6.45) is 5.85. The molecular formula is C21H20N4O3. The maximum absolute atomic E-state index is 12.2. The number of nitrogens with zero attached hydrogens (tertiary/aromatic N) is 2. The zero-order chi connectivity index (χ0) is 19.2. The van der Waals surface area contributed by atoms with Crippen molar-refractivity contribution in [3.8, 4) is 11.6 Å². The van der Waals surface area contributed by atoms with E-state index in [0.717, 1.165) is 25.3 Å². The molecule has 0 spiro atoms. The van der Waals surface area contributed by atoms with Gasteiger partial charge in [0.15, 0.2) is 0 Å². The lowest BCUT2D eigenvalue weighted by Crippen LogP contribution is -2.19. The van der Waals surface area contributed by atoms with Crippen molar-refractivity contribution in [2.75, 3.05) is 23.8 Å². The number of pyridine rings is 2. The fourth-order valence-electron chi connectivity index (χ4n) is 2.97. The molecule has 0 bridgehead atoms. The zero-order valence-corrected chi connectivity index (χ0v) is 15.2. The highest BCUT2D eigenvalue weighted by atomic mass is 16.5. The van der Waals surface area contributed by atoms with Crippen molar-refractivity contribution in [3.05, 3.63) is 72.7 Å². The van der Waals surface area contributed by atoms with Crippen LogP contribution in [0.15, 0.2) is 67.1 Å². The first kappa shape index (κ1) is 17.9. The third kappa shape index (κ3) is 4.63. The first-order valence-electron chi connectivity index (χ1n) is 9.06. The monoisotopic (exact) mass is 376 g/mol. The van der Waals surface area contributed by atoms with E-state index in [1.54, 1.807) is 36.7 Å². The Kier molecular flexibility index (Phi) is 5.44. The van der Waals surface area contributed by atoms with Crippen molar-refractivity contribution in [1.29, 1.82) is 0 Å². The van der Waals surface area contributed by atoms with Crippen LogP contribution in [0.1, 0.15) is 17.9 Å². The molecular weight excluding hydrogens is 356 g/mol. The van der Waals surface area contributed by atoms with E-state index in [1.807, 2.05) is 24.3 Å². The maximum atomic E-state index is 12.2. The number of amides is 2. The van der Waals surface area contributed by atoms with Gasteiger partial charge >= 0.3 is 6.03 Å². The second-order valence-electron chi connectivity index (χ2n) is 6.44. The summed E-state index contributed by atoms with van der Waals surface area (Å²) in [6, 6.07) is 14.5. The maximum Gasteiger partial charge on any atom is 0.323 e. The lowest BCUT2D eigenvalue weighted by molar-refractivity contribution is 0.194. The van der Waals surface area contributed by atoms with Crippen molar-refractivity contribution in [1.82, 2.24) is 9.97 Å². The Morgan fingerprint density at radius 3 is 2.54 bits per heavy atom. The molecule has 7 heteroatoms. The van der Waals surface area contributed by atoms with E-state index in [4.69, 9.17) is 9.47 Å². The molecule has 0 radical (unpaired) electrons. The van der Waals surface area contributed by atoms with Gasteiger partial charge in [0.25, 0.3) is 0 Å². The second kappa shape index (κ2) is 8.49. The molecule has 3 aromatic rings. The normalized spacial score (nSPS) is 15.8. The Balaban J connectivity index is 1.30. The molecule has 1 aliphatic rings. The molecule has 7 nitrogen and oxygen atoms in total. The van der Waals surface area contributed by atoms with Gasteiger partial charge in [0.05, 0.1) is 24.7 Å². The Bertz CT molecular complexity index is 909. The van der Waals surface area contributed by atoms with E-state index in [0.29, 0.717) is 23.2 Å². The number of benzene rings is 1. The van der Waals surface area contributed by atoms with Crippen LogP contribution in [-0.4, -0.2) is 29.2 Å². The fourth-order valence-corrected chi connectivity index (χ4v) is 2.97. The molecule has 1 aliphatic heterocycles.